The third kappa shape index (κ3) is 4.16. The van der Waals surface area contributed by atoms with Crippen LogP contribution in [-0.2, 0) is 11.2 Å². The maximum absolute atomic E-state index is 5.39. The van der Waals surface area contributed by atoms with Crippen molar-refractivity contribution in [2.24, 2.45) is 0 Å². The number of hydrogen-bond acceptors (Lipinski definition) is 1. The summed E-state index contributed by atoms with van der Waals surface area (Å²) in [5, 5.41) is 0. The van der Waals surface area contributed by atoms with E-state index >= 15 is 0 Å². The molecule has 0 spiro atoms. The molecule has 2 rings (SSSR count). The molecule has 0 radical (unpaired) electrons. The van der Waals surface area contributed by atoms with Crippen molar-refractivity contribution < 1.29 is 4.74 Å². The van der Waals surface area contributed by atoms with Gasteiger partial charge in [0.1, 0.15) is 6.10 Å². The van der Waals surface area contributed by atoms with Gasteiger partial charge in [-0.1, -0.05) is 63.3 Å². The van der Waals surface area contributed by atoms with Gasteiger partial charge in [0.25, 0.3) is 0 Å². The fourth-order valence-corrected chi connectivity index (χ4v) is 2.40. The summed E-state index contributed by atoms with van der Waals surface area (Å²) in [6, 6.07) is 8.77. The Kier molecular flexibility index (Phi) is 5.06. The van der Waals surface area contributed by atoms with Crippen molar-refractivity contribution >= 4 is 0 Å². The molecule has 17 heavy (non-hydrogen) atoms. The maximum Gasteiger partial charge on any atom is 0.106 e. The highest BCUT2D eigenvalue weighted by atomic mass is 16.6. The van der Waals surface area contributed by atoms with Crippen LogP contribution < -0.4 is 0 Å². The molecule has 0 aromatic heterocycles. The van der Waals surface area contributed by atoms with E-state index in [1.165, 1.54) is 56.1 Å². The molecule has 1 aliphatic heterocycles. The van der Waals surface area contributed by atoms with E-state index in [-0.39, 0.29) is 0 Å². The molecule has 1 fully saturated rings. The lowest BCUT2D eigenvalue weighted by atomic mass is 9.99. The van der Waals surface area contributed by atoms with E-state index in [1.54, 1.807) is 0 Å². The van der Waals surface area contributed by atoms with Crippen LogP contribution in [0.4, 0.5) is 0 Å². The minimum atomic E-state index is 0.409. The van der Waals surface area contributed by atoms with Crippen molar-refractivity contribution in [1.82, 2.24) is 0 Å². The van der Waals surface area contributed by atoms with Crippen molar-refractivity contribution in [1.29, 1.82) is 0 Å². The smallest absolute Gasteiger partial charge is 0.106 e. The standard InChI is InChI=1S/C16H24O/c1-2-3-4-5-6-7-10-14-11-8-9-12-15(14)16-13-17-16/h8-9,11-12,16H,2-7,10,13H2,1H3. The third-order valence-electron chi connectivity index (χ3n) is 3.53. The Bertz CT molecular complexity index is 328. The Labute approximate surface area is 105 Å². The first kappa shape index (κ1) is 12.6. The van der Waals surface area contributed by atoms with Gasteiger partial charge in [-0.2, -0.15) is 0 Å². The van der Waals surface area contributed by atoms with Crippen LogP contribution in [0.25, 0.3) is 0 Å². The predicted octanol–water partition coefficient (Wildman–Crippen LogP) is 4.66. The first-order valence-electron chi connectivity index (χ1n) is 7.11. The van der Waals surface area contributed by atoms with Gasteiger partial charge in [-0.15, -0.1) is 0 Å². The molecular formula is C16H24O. The monoisotopic (exact) mass is 232 g/mol. The number of hydrogen-bond donors (Lipinski definition) is 0. The number of rotatable bonds is 8. The highest BCUT2D eigenvalue weighted by Crippen LogP contribution is 2.32. The molecule has 0 N–H and O–H groups in total. The Balaban J connectivity index is 1.71. The summed E-state index contributed by atoms with van der Waals surface area (Å²) in [5.41, 5.74) is 2.94. The van der Waals surface area contributed by atoms with E-state index in [0.717, 1.165) is 6.61 Å². The van der Waals surface area contributed by atoms with Crippen molar-refractivity contribution in [3.05, 3.63) is 35.4 Å². The van der Waals surface area contributed by atoms with Crippen molar-refractivity contribution in [3.8, 4) is 0 Å². The summed E-state index contributed by atoms with van der Waals surface area (Å²) in [6.45, 7) is 3.19. The Morgan fingerprint density at radius 3 is 2.53 bits per heavy atom. The second kappa shape index (κ2) is 6.80. The minimum Gasteiger partial charge on any atom is -0.368 e. The number of epoxide rings is 1. The average Bonchev–Trinajstić information content (AvgIpc) is 3.18. The molecule has 1 aliphatic rings. The van der Waals surface area contributed by atoms with E-state index < -0.39 is 0 Å². The molecule has 1 heteroatoms. The van der Waals surface area contributed by atoms with E-state index in [1.807, 2.05) is 0 Å². The van der Waals surface area contributed by atoms with Crippen LogP contribution in [0.5, 0.6) is 0 Å². The summed E-state index contributed by atoms with van der Waals surface area (Å²) in [6.07, 6.45) is 9.87. The molecule has 0 bridgehead atoms. The summed E-state index contributed by atoms with van der Waals surface area (Å²) in [5.74, 6) is 0. The predicted molar refractivity (Wildman–Crippen MR) is 72.2 cm³/mol. The second-order valence-corrected chi connectivity index (χ2v) is 5.04. The lowest BCUT2D eigenvalue weighted by molar-refractivity contribution is 0.414. The number of unbranched alkanes of at least 4 members (excludes halogenated alkanes) is 5. The molecule has 1 atom stereocenters. The lowest BCUT2D eigenvalue weighted by Crippen LogP contribution is -1.93. The summed E-state index contributed by atoms with van der Waals surface area (Å²) >= 11 is 0. The van der Waals surface area contributed by atoms with Gasteiger partial charge < -0.3 is 4.74 Å². The first-order valence-corrected chi connectivity index (χ1v) is 7.11. The van der Waals surface area contributed by atoms with Crippen LogP contribution in [0.2, 0.25) is 0 Å². The van der Waals surface area contributed by atoms with Gasteiger partial charge in [0, 0.05) is 0 Å². The summed E-state index contributed by atoms with van der Waals surface area (Å²) in [7, 11) is 0. The van der Waals surface area contributed by atoms with Gasteiger partial charge >= 0.3 is 0 Å². The zero-order chi connectivity index (χ0) is 11.9. The topological polar surface area (TPSA) is 12.5 Å². The van der Waals surface area contributed by atoms with Crippen LogP contribution in [0.3, 0.4) is 0 Å². The SMILES string of the molecule is CCCCCCCCc1ccccc1C1CO1. The molecule has 1 nitrogen and oxygen atoms in total. The maximum atomic E-state index is 5.39. The van der Waals surface area contributed by atoms with E-state index in [9.17, 15) is 0 Å². The van der Waals surface area contributed by atoms with Crippen LogP contribution in [0.1, 0.15) is 62.7 Å². The highest BCUT2D eigenvalue weighted by molar-refractivity contribution is 5.31. The van der Waals surface area contributed by atoms with Crippen LogP contribution in [0, 0.1) is 0 Å². The average molecular weight is 232 g/mol. The molecule has 0 aliphatic carbocycles. The Morgan fingerprint density at radius 1 is 1.06 bits per heavy atom. The molecule has 1 aromatic rings. The van der Waals surface area contributed by atoms with Crippen LogP contribution >= 0.6 is 0 Å². The molecule has 1 aromatic carbocycles. The van der Waals surface area contributed by atoms with Gasteiger partial charge in [0.2, 0.25) is 0 Å². The number of ether oxygens (including phenoxy) is 1. The Hall–Kier alpha value is -0.820. The molecule has 0 saturated carbocycles. The van der Waals surface area contributed by atoms with Crippen molar-refractivity contribution in [2.75, 3.05) is 6.61 Å². The molecular weight excluding hydrogens is 208 g/mol. The van der Waals surface area contributed by atoms with Crippen molar-refractivity contribution in [3.63, 3.8) is 0 Å². The van der Waals surface area contributed by atoms with Gasteiger partial charge in [-0.3, -0.25) is 0 Å². The zero-order valence-corrected chi connectivity index (χ0v) is 11.0. The first-order chi connectivity index (χ1) is 8.42. The summed E-state index contributed by atoms with van der Waals surface area (Å²) in [4.78, 5) is 0. The zero-order valence-electron chi connectivity index (χ0n) is 11.0. The quantitative estimate of drug-likeness (QED) is 0.469. The Morgan fingerprint density at radius 2 is 1.76 bits per heavy atom. The molecule has 94 valence electrons. The second-order valence-electron chi connectivity index (χ2n) is 5.04. The lowest BCUT2D eigenvalue weighted by Gasteiger charge is -2.07. The van der Waals surface area contributed by atoms with Gasteiger partial charge in [0.05, 0.1) is 6.61 Å². The molecule has 1 saturated heterocycles. The summed E-state index contributed by atoms with van der Waals surface area (Å²) < 4.78 is 5.39. The van der Waals surface area contributed by atoms with Crippen molar-refractivity contribution in [2.45, 2.75) is 58.0 Å². The van der Waals surface area contributed by atoms with Crippen LogP contribution in [0.15, 0.2) is 24.3 Å². The minimum absolute atomic E-state index is 0.409. The highest BCUT2D eigenvalue weighted by Gasteiger charge is 2.26. The molecule has 0 amide bonds. The molecule has 1 heterocycles. The van der Waals surface area contributed by atoms with E-state index in [4.69, 9.17) is 4.74 Å². The fraction of sp³-hybridized carbons (Fsp3) is 0.625. The van der Waals surface area contributed by atoms with Crippen LogP contribution in [-0.4, -0.2) is 6.61 Å². The number of benzene rings is 1. The molecule has 1 unspecified atom stereocenters. The van der Waals surface area contributed by atoms with E-state index in [0.29, 0.717) is 6.10 Å². The van der Waals surface area contributed by atoms with Gasteiger partial charge in [-0.05, 0) is 24.0 Å². The largest absolute Gasteiger partial charge is 0.368 e. The normalized spacial score (nSPS) is 18.3. The van der Waals surface area contributed by atoms with Gasteiger partial charge in [-0.25, -0.2) is 0 Å². The van der Waals surface area contributed by atoms with Gasteiger partial charge in [0.15, 0.2) is 0 Å². The third-order valence-corrected chi connectivity index (χ3v) is 3.53. The fourth-order valence-electron chi connectivity index (χ4n) is 2.40. The number of aryl methyl sites for hydroxylation is 1. The van der Waals surface area contributed by atoms with E-state index in [2.05, 4.69) is 31.2 Å².